The standard InChI is InChI=1S/C23H26O7/c1-2-15(16-7-9-17(25)10-8-16)6-3-14-4-11-18(12-5-14)29-23-22(28)21(27)20(26)19(13-24)30-23/h2-12,15,19-28H,1,13H2. The first kappa shape index (κ1) is 22.0. The molecule has 2 aromatic carbocycles. The van der Waals surface area contributed by atoms with Gasteiger partial charge in [0.15, 0.2) is 0 Å². The number of benzene rings is 2. The molecule has 3 rings (SSSR count). The zero-order chi connectivity index (χ0) is 21.7. The van der Waals surface area contributed by atoms with E-state index in [0.29, 0.717) is 5.75 Å². The number of phenolic OH excluding ortho intramolecular Hbond substituents is 1. The summed E-state index contributed by atoms with van der Waals surface area (Å²) < 4.78 is 10.9. The molecule has 30 heavy (non-hydrogen) atoms. The maximum absolute atomic E-state index is 10.1. The molecule has 1 heterocycles. The van der Waals surface area contributed by atoms with Crippen LogP contribution in [0.5, 0.6) is 11.5 Å². The van der Waals surface area contributed by atoms with Crippen LogP contribution in [-0.4, -0.2) is 62.8 Å². The van der Waals surface area contributed by atoms with Gasteiger partial charge < -0.3 is 35.0 Å². The normalized spacial score (nSPS) is 27.7. The third-order valence-corrected chi connectivity index (χ3v) is 5.01. The maximum Gasteiger partial charge on any atom is 0.229 e. The van der Waals surface area contributed by atoms with Gasteiger partial charge in [-0.15, -0.1) is 6.58 Å². The van der Waals surface area contributed by atoms with Crippen LogP contribution in [0.3, 0.4) is 0 Å². The van der Waals surface area contributed by atoms with Crippen molar-refractivity contribution in [2.24, 2.45) is 0 Å². The van der Waals surface area contributed by atoms with Crippen molar-refractivity contribution >= 4 is 6.08 Å². The van der Waals surface area contributed by atoms with Crippen LogP contribution < -0.4 is 4.74 Å². The Morgan fingerprint density at radius 3 is 2.23 bits per heavy atom. The predicted molar refractivity (Wildman–Crippen MR) is 111 cm³/mol. The van der Waals surface area contributed by atoms with Crippen LogP contribution in [-0.2, 0) is 4.74 Å². The van der Waals surface area contributed by atoms with Gasteiger partial charge in [0.2, 0.25) is 6.29 Å². The second-order valence-electron chi connectivity index (χ2n) is 7.10. The van der Waals surface area contributed by atoms with Gasteiger partial charge in [-0.1, -0.05) is 42.5 Å². The number of phenols is 1. The molecule has 0 aromatic heterocycles. The van der Waals surface area contributed by atoms with E-state index < -0.39 is 37.3 Å². The summed E-state index contributed by atoms with van der Waals surface area (Å²) in [4.78, 5) is 0. The van der Waals surface area contributed by atoms with Crippen molar-refractivity contribution in [3.8, 4) is 11.5 Å². The van der Waals surface area contributed by atoms with E-state index >= 15 is 0 Å². The maximum atomic E-state index is 10.1. The van der Waals surface area contributed by atoms with Gasteiger partial charge in [0.25, 0.3) is 0 Å². The molecule has 6 unspecified atom stereocenters. The molecule has 1 fully saturated rings. The lowest BCUT2D eigenvalue weighted by atomic mass is 9.98. The largest absolute Gasteiger partial charge is 0.508 e. The van der Waals surface area contributed by atoms with Crippen molar-refractivity contribution in [1.82, 2.24) is 0 Å². The summed E-state index contributed by atoms with van der Waals surface area (Å²) in [5, 5.41) is 48.4. The Kier molecular flexibility index (Phi) is 7.25. The van der Waals surface area contributed by atoms with E-state index in [-0.39, 0.29) is 11.7 Å². The van der Waals surface area contributed by atoms with Crippen molar-refractivity contribution in [2.45, 2.75) is 36.6 Å². The molecule has 160 valence electrons. The van der Waals surface area contributed by atoms with Gasteiger partial charge in [0.1, 0.15) is 35.9 Å². The molecule has 2 aromatic rings. The van der Waals surface area contributed by atoms with Gasteiger partial charge in [-0.25, -0.2) is 0 Å². The van der Waals surface area contributed by atoms with E-state index in [9.17, 15) is 25.5 Å². The molecule has 0 bridgehead atoms. The number of aromatic hydroxyl groups is 1. The van der Waals surface area contributed by atoms with Crippen molar-refractivity contribution in [1.29, 1.82) is 0 Å². The molecule has 1 aliphatic heterocycles. The van der Waals surface area contributed by atoms with E-state index in [4.69, 9.17) is 9.47 Å². The van der Waals surface area contributed by atoms with E-state index in [1.807, 2.05) is 36.4 Å². The van der Waals surface area contributed by atoms with Gasteiger partial charge in [-0.3, -0.25) is 0 Å². The third kappa shape index (κ3) is 5.08. The first-order chi connectivity index (χ1) is 14.4. The molecule has 0 spiro atoms. The minimum Gasteiger partial charge on any atom is -0.508 e. The Hall–Kier alpha value is -2.68. The summed E-state index contributed by atoms with van der Waals surface area (Å²) in [5.41, 5.74) is 1.91. The van der Waals surface area contributed by atoms with Gasteiger partial charge >= 0.3 is 0 Å². The number of rotatable bonds is 7. The lowest BCUT2D eigenvalue weighted by Crippen LogP contribution is -2.60. The highest BCUT2D eigenvalue weighted by Gasteiger charge is 2.44. The predicted octanol–water partition coefficient (Wildman–Crippen LogP) is 1.55. The lowest BCUT2D eigenvalue weighted by molar-refractivity contribution is -0.277. The number of aliphatic hydroxyl groups excluding tert-OH is 4. The van der Waals surface area contributed by atoms with Gasteiger partial charge in [-0.2, -0.15) is 0 Å². The smallest absolute Gasteiger partial charge is 0.229 e. The Morgan fingerprint density at radius 2 is 1.63 bits per heavy atom. The van der Waals surface area contributed by atoms with Crippen LogP contribution in [0.4, 0.5) is 0 Å². The summed E-state index contributed by atoms with van der Waals surface area (Å²) in [5.74, 6) is 0.589. The van der Waals surface area contributed by atoms with E-state index in [0.717, 1.165) is 11.1 Å². The van der Waals surface area contributed by atoms with Crippen molar-refractivity contribution in [3.63, 3.8) is 0 Å². The molecule has 1 aliphatic rings. The fraction of sp³-hybridized carbons (Fsp3) is 0.304. The summed E-state index contributed by atoms with van der Waals surface area (Å²) in [7, 11) is 0. The molecule has 5 N–H and O–H groups in total. The molecular formula is C23H26O7. The Bertz CT molecular complexity index is 845. The third-order valence-electron chi connectivity index (χ3n) is 5.01. The minimum atomic E-state index is -1.49. The highest BCUT2D eigenvalue weighted by molar-refractivity contribution is 5.53. The zero-order valence-corrected chi connectivity index (χ0v) is 16.3. The van der Waals surface area contributed by atoms with Gasteiger partial charge in [0, 0.05) is 5.92 Å². The number of hydrogen-bond acceptors (Lipinski definition) is 7. The quantitative estimate of drug-likeness (QED) is 0.436. The minimum absolute atomic E-state index is 0.0179. The summed E-state index contributed by atoms with van der Waals surface area (Å²) in [6, 6.07) is 13.9. The molecule has 0 saturated carbocycles. The van der Waals surface area contributed by atoms with Crippen molar-refractivity contribution in [2.75, 3.05) is 6.61 Å². The SMILES string of the molecule is C=CC(C=Cc1ccc(OC2OC(CO)C(O)C(O)C2O)cc1)c1ccc(O)cc1. The Balaban J connectivity index is 1.65. The van der Waals surface area contributed by atoms with Crippen LogP contribution in [0.25, 0.3) is 6.08 Å². The fourth-order valence-electron chi connectivity index (χ4n) is 3.19. The molecule has 6 atom stereocenters. The van der Waals surface area contributed by atoms with Crippen LogP contribution in [0.2, 0.25) is 0 Å². The summed E-state index contributed by atoms with van der Waals surface area (Å²) in [6.45, 7) is 3.34. The highest BCUT2D eigenvalue weighted by Crippen LogP contribution is 2.26. The average Bonchev–Trinajstić information content (AvgIpc) is 2.76. The molecule has 0 aliphatic carbocycles. The summed E-state index contributed by atoms with van der Waals surface area (Å²) in [6.07, 6.45) is -0.903. The highest BCUT2D eigenvalue weighted by atomic mass is 16.7. The fourth-order valence-corrected chi connectivity index (χ4v) is 3.19. The lowest BCUT2D eigenvalue weighted by Gasteiger charge is -2.39. The van der Waals surface area contributed by atoms with Crippen LogP contribution in [0.15, 0.2) is 67.3 Å². The zero-order valence-electron chi connectivity index (χ0n) is 16.3. The number of aliphatic hydroxyl groups is 4. The second-order valence-corrected chi connectivity index (χ2v) is 7.10. The first-order valence-electron chi connectivity index (χ1n) is 9.60. The van der Waals surface area contributed by atoms with Crippen molar-refractivity contribution < 1.29 is 35.0 Å². The van der Waals surface area contributed by atoms with E-state index in [1.165, 1.54) is 0 Å². The Labute approximate surface area is 174 Å². The average molecular weight is 414 g/mol. The monoisotopic (exact) mass is 414 g/mol. The number of hydrogen-bond donors (Lipinski definition) is 5. The van der Waals surface area contributed by atoms with E-state index in [1.54, 1.807) is 30.3 Å². The van der Waals surface area contributed by atoms with Crippen molar-refractivity contribution in [3.05, 3.63) is 78.4 Å². The summed E-state index contributed by atoms with van der Waals surface area (Å²) >= 11 is 0. The molecule has 7 nitrogen and oxygen atoms in total. The first-order valence-corrected chi connectivity index (χ1v) is 9.60. The molecule has 1 saturated heterocycles. The van der Waals surface area contributed by atoms with E-state index in [2.05, 4.69) is 6.58 Å². The molecule has 0 amide bonds. The van der Waals surface area contributed by atoms with Crippen LogP contribution in [0, 0.1) is 0 Å². The molecular weight excluding hydrogens is 388 g/mol. The second kappa shape index (κ2) is 9.88. The van der Waals surface area contributed by atoms with Gasteiger partial charge in [-0.05, 0) is 35.4 Å². The number of ether oxygens (including phenoxy) is 2. The molecule has 7 heteroatoms. The van der Waals surface area contributed by atoms with Crippen LogP contribution in [0.1, 0.15) is 17.0 Å². The van der Waals surface area contributed by atoms with Crippen LogP contribution >= 0.6 is 0 Å². The van der Waals surface area contributed by atoms with Gasteiger partial charge in [0.05, 0.1) is 6.61 Å². The molecule has 0 radical (unpaired) electrons. The Morgan fingerprint density at radius 1 is 0.967 bits per heavy atom. The number of allylic oxidation sites excluding steroid dienone is 2. The topological polar surface area (TPSA) is 120 Å².